The minimum Gasteiger partial charge on any atom is -0.381 e. The molecule has 2 atom stereocenters. The maximum atomic E-state index is 12.5. The molecule has 0 radical (unpaired) electrons. The second kappa shape index (κ2) is 7.05. The van der Waals surface area contributed by atoms with Gasteiger partial charge in [-0.1, -0.05) is 18.2 Å². The largest absolute Gasteiger partial charge is 0.381 e. The fourth-order valence-corrected chi connectivity index (χ4v) is 3.36. The van der Waals surface area contributed by atoms with Crippen LogP contribution in [0.4, 0.5) is 0 Å². The van der Waals surface area contributed by atoms with Crippen LogP contribution in [0.1, 0.15) is 18.9 Å². The molecular formula is C18H23N3O3. The topological polar surface area (TPSA) is 86.4 Å². The molecule has 1 aromatic carbocycles. The van der Waals surface area contributed by atoms with Gasteiger partial charge in [-0.05, 0) is 25.0 Å². The van der Waals surface area contributed by atoms with Crippen LogP contribution in [0.25, 0.3) is 10.9 Å². The summed E-state index contributed by atoms with van der Waals surface area (Å²) in [5.41, 5.74) is 7.53. The molecule has 1 aromatic heterocycles. The number of nitrogens with one attached hydrogen (secondary N) is 1. The molecule has 1 fully saturated rings. The molecule has 1 aliphatic rings. The lowest BCUT2D eigenvalue weighted by molar-refractivity contribution is -0.128. The van der Waals surface area contributed by atoms with Crippen molar-refractivity contribution >= 4 is 22.7 Å². The Morgan fingerprint density at radius 1 is 1.42 bits per heavy atom. The van der Waals surface area contributed by atoms with Gasteiger partial charge in [0.25, 0.3) is 0 Å². The predicted octanol–water partition coefficient (Wildman–Crippen LogP) is 1.21. The number of fused-ring (bicyclic) bond motifs is 1. The summed E-state index contributed by atoms with van der Waals surface area (Å²) in [4.78, 5) is 24.1. The highest BCUT2D eigenvalue weighted by atomic mass is 16.5. The first-order valence-corrected chi connectivity index (χ1v) is 8.33. The van der Waals surface area contributed by atoms with Crippen LogP contribution in [0, 0.1) is 5.92 Å². The number of benzene rings is 1. The van der Waals surface area contributed by atoms with Crippen LogP contribution in [0.2, 0.25) is 0 Å². The first kappa shape index (κ1) is 16.5. The van der Waals surface area contributed by atoms with E-state index in [4.69, 9.17) is 10.5 Å². The zero-order chi connectivity index (χ0) is 17.1. The van der Waals surface area contributed by atoms with Crippen molar-refractivity contribution in [2.75, 3.05) is 13.2 Å². The van der Waals surface area contributed by atoms with Gasteiger partial charge in [-0.25, -0.2) is 0 Å². The van der Waals surface area contributed by atoms with Crippen LogP contribution in [0.5, 0.6) is 0 Å². The number of nitrogens with two attached hydrogens (primary N) is 1. The van der Waals surface area contributed by atoms with E-state index in [-0.39, 0.29) is 18.2 Å². The molecule has 0 aliphatic carbocycles. The van der Waals surface area contributed by atoms with Crippen LogP contribution < -0.4 is 11.1 Å². The third-order valence-electron chi connectivity index (χ3n) is 4.62. The Morgan fingerprint density at radius 3 is 2.88 bits per heavy atom. The number of aryl methyl sites for hydroxylation is 1. The summed E-state index contributed by atoms with van der Waals surface area (Å²) in [5, 5.41) is 3.86. The summed E-state index contributed by atoms with van der Waals surface area (Å²) in [7, 11) is 0. The molecule has 6 heteroatoms. The van der Waals surface area contributed by atoms with Gasteiger partial charge in [0.15, 0.2) is 0 Å². The van der Waals surface area contributed by atoms with Gasteiger partial charge < -0.3 is 20.4 Å². The van der Waals surface area contributed by atoms with Gasteiger partial charge in [-0.2, -0.15) is 0 Å². The average Bonchev–Trinajstić information content (AvgIpc) is 3.21. The van der Waals surface area contributed by atoms with E-state index in [1.165, 1.54) is 0 Å². The normalized spacial score (nSPS) is 18.6. The number of ether oxygens (including phenoxy) is 1. The summed E-state index contributed by atoms with van der Waals surface area (Å²) >= 11 is 0. The summed E-state index contributed by atoms with van der Waals surface area (Å²) < 4.78 is 7.42. The second-order valence-electron chi connectivity index (χ2n) is 6.21. The molecule has 2 unspecified atom stereocenters. The highest BCUT2D eigenvalue weighted by Gasteiger charge is 2.31. The molecule has 3 rings (SSSR count). The number of carbonyl (C=O) groups excluding carboxylic acids is 2. The number of rotatable bonds is 6. The first-order chi connectivity index (χ1) is 11.6. The molecule has 0 bridgehead atoms. The molecule has 1 aliphatic heterocycles. The predicted molar refractivity (Wildman–Crippen MR) is 91.4 cm³/mol. The molecular weight excluding hydrogens is 306 g/mol. The van der Waals surface area contributed by atoms with E-state index >= 15 is 0 Å². The molecule has 6 nitrogen and oxygen atoms in total. The van der Waals surface area contributed by atoms with Crippen LogP contribution >= 0.6 is 0 Å². The van der Waals surface area contributed by atoms with Gasteiger partial charge in [-0.3, -0.25) is 9.59 Å². The summed E-state index contributed by atoms with van der Waals surface area (Å²) in [5.74, 6) is -0.733. The molecule has 3 N–H and O–H groups in total. The highest BCUT2D eigenvalue weighted by Crippen LogP contribution is 2.22. The molecule has 0 saturated carbocycles. The zero-order valence-electron chi connectivity index (χ0n) is 13.8. The molecule has 0 spiro atoms. The number of nitrogens with zero attached hydrogens (tertiary/aromatic N) is 1. The van der Waals surface area contributed by atoms with Crippen molar-refractivity contribution in [1.82, 2.24) is 9.88 Å². The van der Waals surface area contributed by atoms with Gasteiger partial charge in [0.05, 0.1) is 13.0 Å². The zero-order valence-corrected chi connectivity index (χ0v) is 13.8. The minimum absolute atomic E-state index is 0.0385. The maximum absolute atomic E-state index is 12.5. The molecule has 2 heterocycles. The van der Waals surface area contributed by atoms with Crippen LogP contribution in [0.3, 0.4) is 0 Å². The Morgan fingerprint density at radius 2 is 2.21 bits per heavy atom. The highest BCUT2D eigenvalue weighted by molar-refractivity contribution is 5.91. The van der Waals surface area contributed by atoms with Crippen molar-refractivity contribution in [3.8, 4) is 0 Å². The smallest absolute Gasteiger partial charge is 0.240 e. The standard InChI is InChI=1S/C18H23N3O3/c1-2-21-10-13(14-5-3-4-6-15(14)21)9-16(22)20-17(18(19)23)12-7-8-24-11-12/h3-6,10,12,17H,2,7-9,11H2,1H3,(H2,19,23)(H,20,22). The Balaban J connectivity index is 1.75. The van der Waals surface area contributed by atoms with Crippen molar-refractivity contribution < 1.29 is 14.3 Å². The minimum atomic E-state index is -0.667. The van der Waals surface area contributed by atoms with Gasteiger partial charge in [0.1, 0.15) is 6.04 Å². The SMILES string of the molecule is CCn1cc(CC(=O)NC(C(N)=O)C2CCOC2)c2ccccc21. The van der Waals surface area contributed by atoms with E-state index in [1.54, 1.807) is 0 Å². The van der Waals surface area contributed by atoms with Gasteiger partial charge in [0, 0.05) is 36.2 Å². The summed E-state index contributed by atoms with van der Waals surface area (Å²) in [6.07, 6.45) is 2.97. The van der Waals surface area contributed by atoms with E-state index in [0.717, 1.165) is 29.4 Å². The second-order valence-corrected chi connectivity index (χ2v) is 6.21. The van der Waals surface area contributed by atoms with Crippen molar-refractivity contribution in [1.29, 1.82) is 0 Å². The van der Waals surface area contributed by atoms with Crippen molar-refractivity contribution in [2.45, 2.75) is 32.4 Å². The van der Waals surface area contributed by atoms with Gasteiger partial charge >= 0.3 is 0 Å². The van der Waals surface area contributed by atoms with Crippen molar-refractivity contribution in [2.24, 2.45) is 11.7 Å². The van der Waals surface area contributed by atoms with Crippen LogP contribution in [0.15, 0.2) is 30.5 Å². The number of hydrogen-bond donors (Lipinski definition) is 2. The monoisotopic (exact) mass is 329 g/mol. The number of primary amides is 1. The Labute approximate surface area is 141 Å². The van der Waals surface area contributed by atoms with Crippen LogP contribution in [-0.2, 0) is 27.3 Å². The summed E-state index contributed by atoms with van der Waals surface area (Å²) in [6, 6.07) is 7.34. The lowest BCUT2D eigenvalue weighted by Gasteiger charge is -2.20. The Kier molecular flexibility index (Phi) is 4.85. The lowest BCUT2D eigenvalue weighted by atomic mass is 9.98. The average molecular weight is 329 g/mol. The van der Waals surface area contributed by atoms with Crippen molar-refractivity contribution in [3.05, 3.63) is 36.0 Å². The van der Waals surface area contributed by atoms with E-state index in [1.807, 2.05) is 30.5 Å². The fourth-order valence-electron chi connectivity index (χ4n) is 3.36. The van der Waals surface area contributed by atoms with E-state index in [9.17, 15) is 9.59 Å². The fraction of sp³-hybridized carbons (Fsp3) is 0.444. The maximum Gasteiger partial charge on any atom is 0.240 e. The Hall–Kier alpha value is -2.34. The Bertz CT molecular complexity index is 747. The van der Waals surface area contributed by atoms with E-state index in [0.29, 0.717) is 13.2 Å². The number of carbonyl (C=O) groups is 2. The third kappa shape index (κ3) is 3.28. The molecule has 2 aromatic rings. The molecule has 128 valence electrons. The van der Waals surface area contributed by atoms with Gasteiger partial charge in [0.2, 0.25) is 11.8 Å². The van der Waals surface area contributed by atoms with E-state index in [2.05, 4.69) is 16.8 Å². The number of aromatic nitrogens is 1. The molecule has 24 heavy (non-hydrogen) atoms. The quantitative estimate of drug-likeness (QED) is 0.835. The third-order valence-corrected chi connectivity index (χ3v) is 4.62. The first-order valence-electron chi connectivity index (χ1n) is 8.33. The molecule has 1 saturated heterocycles. The number of hydrogen-bond acceptors (Lipinski definition) is 3. The van der Waals surface area contributed by atoms with Crippen LogP contribution in [-0.4, -0.2) is 35.6 Å². The number of amides is 2. The number of para-hydroxylation sites is 1. The lowest BCUT2D eigenvalue weighted by Crippen LogP contribution is -2.49. The van der Waals surface area contributed by atoms with Gasteiger partial charge in [-0.15, -0.1) is 0 Å². The summed E-state index contributed by atoms with van der Waals surface area (Å²) in [6.45, 7) is 3.97. The molecule has 2 amide bonds. The van der Waals surface area contributed by atoms with E-state index < -0.39 is 11.9 Å². The van der Waals surface area contributed by atoms with Crippen molar-refractivity contribution in [3.63, 3.8) is 0 Å².